The number of ether oxygens (including phenoxy) is 1. The van der Waals surface area contributed by atoms with E-state index in [9.17, 15) is 26.7 Å². The van der Waals surface area contributed by atoms with Crippen LogP contribution >= 0.6 is 0 Å². The minimum absolute atomic E-state index is 0.0832. The Hall–Kier alpha value is -4.48. The van der Waals surface area contributed by atoms with E-state index in [0.717, 1.165) is 10.9 Å². The van der Waals surface area contributed by atoms with Gasteiger partial charge in [0, 0.05) is 36.6 Å². The first-order chi connectivity index (χ1) is 17.6. The van der Waals surface area contributed by atoms with E-state index in [2.05, 4.69) is 20.1 Å². The average molecular weight is 515 g/mol. The van der Waals surface area contributed by atoms with Gasteiger partial charge in [-0.25, -0.2) is 4.98 Å². The molecule has 12 heteroatoms. The van der Waals surface area contributed by atoms with Crippen LogP contribution in [0.1, 0.15) is 0 Å². The zero-order valence-electron chi connectivity index (χ0n) is 19.1. The Morgan fingerprint density at radius 1 is 1.03 bits per heavy atom. The lowest BCUT2D eigenvalue weighted by atomic mass is 9.99. The summed E-state index contributed by atoms with van der Waals surface area (Å²) in [7, 11) is 1.78. The molecule has 0 bridgehead atoms. The molecule has 37 heavy (non-hydrogen) atoms. The molecule has 0 aliphatic carbocycles. The number of nitrogens with one attached hydrogen (secondary N) is 1. The minimum Gasteiger partial charge on any atom is -0.435 e. The molecule has 3 heterocycles. The SMILES string of the molecule is Cn1cc2cc(-c3cn4ccc(NCC(F)(F)F)nc4c(-c4ccc(OC(F)F)cc4)c3=O)ccc2n1. The van der Waals surface area contributed by atoms with Crippen molar-refractivity contribution < 1.29 is 26.7 Å². The van der Waals surface area contributed by atoms with Crippen molar-refractivity contribution in [3.8, 4) is 28.0 Å². The van der Waals surface area contributed by atoms with Crippen LogP contribution in [0.4, 0.5) is 27.8 Å². The lowest BCUT2D eigenvalue weighted by Crippen LogP contribution is -2.22. The fraction of sp³-hybridized carbons (Fsp3) is 0.160. The molecular formula is C25H18F5N5O2. The van der Waals surface area contributed by atoms with Crippen LogP contribution in [0.3, 0.4) is 0 Å². The molecule has 5 rings (SSSR count). The third kappa shape index (κ3) is 5.08. The van der Waals surface area contributed by atoms with Gasteiger partial charge < -0.3 is 14.5 Å². The van der Waals surface area contributed by atoms with Gasteiger partial charge in [0.15, 0.2) is 11.1 Å². The van der Waals surface area contributed by atoms with Crippen LogP contribution in [-0.2, 0) is 7.05 Å². The second kappa shape index (κ2) is 9.19. The molecule has 0 saturated carbocycles. The largest absolute Gasteiger partial charge is 0.435 e. The van der Waals surface area contributed by atoms with Crippen LogP contribution in [0, 0.1) is 0 Å². The van der Waals surface area contributed by atoms with Crippen LogP contribution in [0.15, 0.2) is 71.9 Å². The summed E-state index contributed by atoms with van der Waals surface area (Å²) in [5.74, 6) is -0.193. The van der Waals surface area contributed by atoms with Crippen LogP contribution in [0.25, 0.3) is 38.8 Å². The van der Waals surface area contributed by atoms with E-state index in [0.29, 0.717) is 16.7 Å². The highest BCUT2D eigenvalue weighted by atomic mass is 19.4. The fourth-order valence-electron chi connectivity index (χ4n) is 4.03. The Balaban J connectivity index is 1.69. The van der Waals surface area contributed by atoms with E-state index >= 15 is 0 Å². The van der Waals surface area contributed by atoms with Crippen LogP contribution in [0.5, 0.6) is 5.75 Å². The lowest BCUT2D eigenvalue weighted by molar-refractivity contribution is -0.115. The number of rotatable bonds is 6. The first-order valence-corrected chi connectivity index (χ1v) is 10.9. The van der Waals surface area contributed by atoms with Crippen molar-refractivity contribution in [2.45, 2.75) is 12.8 Å². The second-order valence-corrected chi connectivity index (χ2v) is 8.24. The van der Waals surface area contributed by atoms with Crippen LogP contribution in [0.2, 0.25) is 0 Å². The van der Waals surface area contributed by atoms with Gasteiger partial charge in [-0.3, -0.25) is 9.48 Å². The summed E-state index contributed by atoms with van der Waals surface area (Å²) < 4.78 is 70.9. The summed E-state index contributed by atoms with van der Waals surface area (Å²) in [6, 6.07) is 12.1. The number of anilines is 1. The molecule has 0 aliphatic heterocycles. The average Bonchev–Trinajstić information content (AvgIpc) is 3.21. The van der Waals surface area contributed by atoms with Crippen molar-refractivity contribution >= 4 is 22.4 Å². The third-order valence-electron chi connectivity index (χ3n) is 5.60. The molecule has 0 unspecified atom stereocenters. The Kier molecular flexibility index (Phi) is 6.02. The van der Waals surface area contributed by atoms with Crippen molar-refractivity contribution in [3.63, 3.8) is 0 Å². The van der Waals surface area contributed by atoms with Crippen LogP contribution in [-0.4, -0.2) is 38.5 Å². The molecule has 0 fully saturated rings. The van der Waals surface area contributed by atoms with Gasteiger partial charge in [0.2, 0.25) is 0 Å². The van der Waals surface area contributed by atoms with Crippen molar-refractivity contribution in [3.05, 3.63) is 77.3 Å². The molecule has 0 saturated heterocycles. The molecule has 3 aromatic heterocycles. The molecule has 0 spiro atoms. The number of alkyl halides is 5. The third-order valence-corrected chi connectivity index (χ3v) is 5.60. The maximum absolute atomic E-state index is 13.8. The van der Waals surface area contributed by atoms with Crippen molar-refractivity contribution in [2.75, 3.05) is 11.9 Å². The van der Waals surface area contributed by atoms with Gasteiger partial charge in [0.05, 0.1) is 11.1 Å². The Labute approximate surface area is 205 Å². The highest BCUT2D eigenvalue weighted by molar-refractivity contribution is 5.87. The standard InChI is InChI=1S/C25H18F5N5O2/c1-34-11-16-10-15(4-7-19(16)33-34)18-12-35-9-8-20(31-13-25(28,29)30)32-23(35)21(22(18)36)14-2-5-17(6-3-14)37-24(26)27/h2-12,24H,13H2,1H3,(H,31,32). The zero-order chi connectivity index (χ0) is 26.3. The summed E-state index contributed by atoms with van der Waals surface area (Å²) >= 11 is 0. The molecule has 0 amide bonds. The topological polar surface area (TPSA) is 73.4 Å². The van der Waals surface area contributed by atoms with Crippen molar-refractivity contribution in [2.24, 2.45) is 7.05 Å². The molecule has 2 aromatic carbocycles. The fourth-order valence-corrected chi connectivity index (χ4v) is 4.03. The van der Waals surface area contributed by atoms with Gasteiger partial charge in [-0.05, 0) is 41.5 Å². The molecule has 5 aromatic rings. The van der Waals surface area contributed by atoms with E-state index in [1.165, 1.54) is 40.9 Å². The van der Waals surface area contributed by atoms with E-state index in [4.69, 9.17) is 0 Å². The van der Waals surface area contributed by atoms with Gasteiger partial charge in [-0.1, -0.05) is 18.2 Å². The minimum atomic E-state index is -4.47. The highest BCUT2D eigenvalue weighted by Gasteiger charge is 2.27. The van der Waals surface area contributed by atoms with E-state index in [-0.39, 0.29) is 22.8 Å². The summed E-state index contributed by atoms with van der Waals surface area (Å²) in [6.45, 7) is -4.33. The van der Waals surface area contributed by atoms with Crippen molar-refractivity contribution in [1.82, 2.24) is 19.2 Å². The number of nitrogens with zero attached hydrogens (tertiary/aromatic N) is 4. The maximum Gasteiger partial charge on any atom is 0.405 e. The van der Waals surface area contributed by atoms with E-state index in [1.54, 1.807) is 36.3 Å². The van der Waals surface area contributed by atoms with Gasteiger partial charge in [0.25, 0.3) is 0 Å². The molecule has 1 N–H and O–H groups in total. The van der Waals surface area contributed by atoms with Gasteiger partial charge in [0.1, 0.15) is 18.1 Å². The smallest absolute Gasteiger partial charge is 0.405 e. The quantitative estimate of drug-likeness (QED) is 0.303. The molecule has 0 radical (unpaired) electrons. The Morgan fingerprint density at radius 2 is 1.76 bits per heavy atom. The number of hydrogen-bond acceptors (Lipinski definition) is 5. The Bertz CT molecular complexity index is 1660. The number of benzene rings is 2. The van der Waals surface area contributed by atoms with Crippen molar-refractivity contribution in [1.29, 1.82) is 0 Å². The molecule has 0 aliphatic rings. The van der Waals surface area contributed by atoms with Gasteiger partial charge in [-0.2, -0.15) is 27.1 Å². The molecule has 7 nitrogen and oxygen atoms in total. The molecule has 190 valence electrons. The number of halogens is 5. The van der Waals surface area contributed by atoms with Gasteiger partial charge >= 0.3 is 12.8 Å². The van der Waals surface area contributed by atoms with Crippen LogP contribution < -0.4 is 15.5 Å². The summed E-state index contributed by atoms with van der Waals surface area (Å²) in [6.07, 6.45) is 0.379. The summed E-state index contributed by atoms with van der Waals surface area (Å²) in [4.78, 5) is 18.1. The number of pyridine rings is 1. The molecule has 0 atom stereocenters. The number of fused-ring (bicyclic) bond motifs is 2. The number of aromatic nitrogens is 4. The predicted octanol–water partition coefficient (Wildman–Crippen LogP) is 5.49. The number of hydrogen-bond donors (Lipinski definition) is 1. The first kappa shape index (κ1) is 24.2. The summed E-state index contributed by atoms with van der Waals surface area (Å²) in [5.41, 5.74) is 1.71. The predicted molar refractivity (Wildman–Crippen MR) is 128 cm³/mol. The first-order valence-electron chi connectivity index (χ1n) is 10.9. The monoisotopic (exact) mass is 515 g/mol. The maximum atomic E-state index is 13.8. The lowest BCUT2D eigenvalue weighted by Gasteiger charge is -2.14. The summed E-state index contributed by atoms with van der Waals surface area (Å²) in [5, 5.41) is 7.35. The highest BCUT2D eigenvalue weighted by Crippen LogP contribution is 2.29. The van der Waals surface area contributed by atoms with E-state index in [1.807, 2.05) is 6.07 Å². The normalized spacial score (nSPS) is 12.0. The molecular weight excluding hydrogens is 497 g/mol. The van der Waals surface area contributed by atoms with E-state index < -0.39 is 24.8 Å². The second-order valence-electron chi connectivity index (χ2n) is 8.24. The number of aryl methyl sites for hydroxylation is 1. The zero-order valence-corrected chi connectivity index (χ0v) is 19.1. The Morgan fingerprint density at radius 3 is 2.46 bits per heavy atom. The van der Waals surface area contributed by atoms with Gasteiger partial charge in [-0.15, -0.1) is 0 Å².